The van der Waals surface area contributed by atoms with E-state index in [1.807, 2.05) is 27.7 Å². The van der Waals surface area contributed by atoms with E-state index in [0.29, 0.717) is 0 Å². The Morgan fingerprint density at radius 3 is 1.33 bits per heavy atom. The first kappa shape index (κ1) is 25.4. The van der Waals surface area contributed by atoms with Crippen molar-refractivity contribution in [2.75, 3.05) is 52.7 Å². The summed E-state index contributed by atoms with van der Waals surface area (Å²) in [6, 6.07) is 0. The minimum Gasteiger partial charge on any atom is -0.346 e. The van der Waals surface area contributed by atoms with E-state index in [1.54, 1.807) is 0 Å². The summed E-state index contributed by atoms with van der Waals surface area (Å²) in [5.74, 6) is -1.83. The monoisotopic (exact) mass is 472 g/mol. The normalized spacial score (nSPS) is 24.0. The number of hydrogen-bond acceptors (Lipinski definition) is 10. The molecular weight excluding hydrogens is 442 g/mol. The maximum absolute atomic E-state index is 12.2. The van der Waals surface area contributed by atoms with Crippen LogP contribution in [0.5, 0.6) is 0 Å². The minimum atomic E-state index is -3.65. The molecule has 0 aromatic heterocycles. The van der Waals surface area contributed by atoms with Crippen molar-refractivity contribution in [3.8, 4) is 0 Å². The highest BCUT2D eigenvalue weighted by Gasteiger charge is 2.39. The molecule has 2 fully saturated rings. The van der Waals surface area contributed by atoms with Gasteiger partial charge in [-0.05, 0) is 0 Å². The Labute approximate surface area is 175 Å². The first-order valence-electron chi connectivity index (χ1n) is 9.47. The van der Waals surface area contributed by atoms with E-state index in [2.05, 4.69) is 10.6 Å². The standard InChI is InChI=1S/C16H30N2O10P2/c1-15(2)9-25-29(21,26-10-15)23-7-5-17-13(19)14(20)18-6-8-24-30(22)27-11-16(3,4)12-28-30/h5-12H2,1-4H3,(H,17,19)(H,18,20). The summed E-state index contributed by atoms with van der Waals surface area (Å²) in [4.78, 5) is 23.5. The molecule has 0 aliphatic carbocycles. The summed E-state index contributed by atoms with van der Waals surface area (Å²) in [6.07, 6.45) is 0. The number of amides is 2. The molecule has 2 aliphatic heterocycles. The Morgan fingerprint density at radius 2 is 1.03 bits per heavy atom. The van der Waals surface area contributed by atoms with Gasteiger partial charge in [0.05, 0.1) is 39.6 Å². The van der Waals surface area contributed by atoms with Crippen molar-refractivity contribution in [2.24, 2.45) is 10.8 Å². The quantitative estimate of drug-likeness (QED) is 0.303. The molecule has 2 amide bonds. The van der Waals surface area contributed by atoms with Gasteiger partial charge in [-0.25, -0.2) is 9.13 Å². The molecule has 0 unspecified atom stereocenters. The summed E-state index contributed by atoms with van der Waals surface area (Å²) >= 11 is 0. The lowest BCUT2D eigenvalue weighted by Gasteiger charge is -2.33. The van der Waals surface area contributed by atoms with Crippen molar-refractivity contribution in [2.45, 2.75) is 27.7 Å². The van der Waals surface area contributed by atoms with Crippen LogP contribution in [0.1, 0.15) is 27.7 Å². The minimum absolute atomic E-state index is 0.0739. The molecule has 12 nitrogen and oxygen atoms in total. The van der Waals surface area contributed by atoms with Gasteiger partial charge in [-0.2, -0.15) is 0 Å². The van der Waals surface area contributed by atoms with Crippen molar-refractivity contribution >= 4 is 27.5 Å². The van der Waals surface area contributed by atoms with E-state index < -0.39 is 27.5 Å². The molecule has 14 heteroatoms. The Morgan fingerprint density at radius 1 is 0.733 bits per heavy atom. The number of hydrogen-bond donors (Lipinski definition) is 2. The van der Waals surface area contributed by atoms with E-state index in [9.17, 15) is 18.7 Å². The van der Waals surface area contributed by atoms with Gasteiger partial charge < -0.3 is 10.6 Å². The van der Waals surface area contributed by atoms with Crippen LogP contribution in [0.25, 0.3) is 0 Å². The number of phosphoric ester groups is 2. The predicted octanol–water partition coefficient (Wildman–Crippen LogP) is 1.61. The second kappa shape index (κ2) is 10.2. The molecule has 0 radical (unpaired) electrons. The Kier molecular flexibility index (Phi) is 8.63. The first-order valence-corrected chi connectivity index (χ1v) is 12.4. The molecule has 2 N–H and O–H groups in total. The van der Waals surface area contributed by atoms with Crippen molar-refractivity contribution in [1.29, 1.82) is 0 Å². The van der Waals surface area contributed by atoms with Gasteiger partial charge in [0, 0.05) is 23.9 Å². The smallest absolute Gasteiger partial charge is 0.346 e. The lowest BCUT2D eigenvalue weighted by atomic mass is 9.97. The van der Waals surface area contributed by atoms with Crippen LogP contribution in [0.4, 0.5) is 0 Å². The van der Waals surface area contributed by atoms with Gasteiger partial charge in [-0.15, -0.1) is 0 Å². The third kappa shape index (κ3) is 8.36. The van der Waals surface area contributed by atoms with Crippen LogP contribution in [-0.2, 0) is 45.9 Å². The fourth-order valence-corrected chi connectivity index (χ4v) is 5.23. The maximum atomic E-state index is 12.2. The fourth-order valence-electron chi connectivity index (χ4n) is 2.13. The van der Waals surface area contributed by atoms with Crippen molar-refractivity contribution in [3.63, 3.8) is 0 Å². The van der Waals surface area contributed by atoms with Gasteiger partial charge in [0.1, 0.15) is 0 Å². The van der Waals surface area contributed by atoms with Crippen LogP contribution in [0.15, 0.2) is 0 Å². The SMILES string of the molecule is CC1(C)COP(=O)(OCCNC(=O)C(=O)NCCOP2(=O)OCC(C)(C)CO2)OC1. The molecule has 0 atom stereocenters. The van der Waals surface area contributed by atoms with Crippen molar-refractivity contribution in [1.82, 2.24) is 10.6 Å². The number of rotatable bonds is 8. The molecule has 0 spiro atoms. The topological polar surface area (TPSA) is 148 Å². The maximum Gasteiger partial charge on any atom is 0.474 e. The number of carbonyl (C=O) groups is 2. The number of carbonyl (C=O) groups excluding carboxylic acids is 2. The Bertz CT molecular complexity index is 639. The lowest BCUT2D eigenvalue weighted by molar-refractivity contribution is -0.139. The number of phosphoric acid groups is 2. The van der Waals surface area contributed by atoms with Crippen LogP contribution in [0.3, 0.4) is 0 Å². The second-order valence-corrected chi connectivity index (χ2v) is 11.8. The van der Waals surface area contributed by atoms with Gasteiger partial charge in [-0.3, -0.25) is 36.7 Å². The zero-order chi connectivity index (χ0) is 22.5. The summed E-state index contributed by atoms with van der Waals surface area (Å²) < 4.78 is 55.0. The Hall–Kier alpha value is -0.840. The molecular formula is C16H30N2O10P2. The molecule has 0 aromatic rings. The van der Waals surface area contributed by atoms with Crippen LogP contribution >= 0.6 is 15.6 Å². The van der Waals surface area contributed by atoms with E-state index in [0.717, 1.165) is 0 Å². The third-order valence-electron chi connectivity index (χ3n) is 3.93. The van der Waals surface area contributed by atoms with Crippen LogP contribution in [0.2, 0.25) is 0 Å². The van der Waals surface area contributed by atoms with E-state index >= 15 is 0 Å². The molecule has 2 rings (SSSR count). The molecule has 0 bridgehead atoms. The largest absolute Gasteiger partial charge is 0.474 e. The lowest BCUT2D eigenvalue weighted by Crippen LogP contribution is -2.42. The predicted molar refractivity (Wildman–Crippen MR) is 105 cm³/mol. The molecule has 0 aromatic carbocycles. The van der Waals surface area contributed by atoms with Gasteiger partial charge in [0.15, 0.2) is 0 Å². The molecule has 2 aliphatic rings. The van der Waals surface area contributed by atoms with Crippen LogP contribution < -0.4 is 10.6 Å². The van der Waals surface area contributed by atoms with Gasteiger partial charge >= 0.3 is 27.5 Å². The highest BCUT2D eigenvalue weighted by atomic mass is 31.2. The molecule has 30 heavy (non-hydrogen) atoms. The average molecular weight is 472 g/mol. The van der Waals surface area contributed by atoms with Crippen LogP contribution in [0, 0.1) is 10.8 Å². The zero-order valence-corrected chi connectivity index (χ0v) is 19.4. The highest BCUT2D eigenvalue weighted by Crippen LogP contribution is 2.55. The fraction of sp³-hybridized carbons (Fsp3) is 0.875. The third-order valence-corrected chi connectivity index (χ3v) is 6.71. The van der Waals surface area contributed by atoms with Gasteiger partial charge in [-0.1, -0.05) is 27.7 Å². The summed E-state index contributed by atoms with van der Waals surface area (Å²) in [6.45, 7) is 8.02. The van der Waals surface area contributed by atoms with Crippen molar-refractivity contribution < 1.29 is 45.9 Å². The van der Waals surface area contributed by atoms with E-state index in [1.165, 1.54) is 0 Å². The zero-order valence-electron chi connectivity index (χ0n) is 17.6. The number of nitrogens with one attached hydrogen (secondary N) is 2. The van der Waals surface area contributed by atoms with Crippen LogP contribution in [-0.4, -0.2) is 64.5 Å². The average Bonchev–Trinajstić information content (AvgIpc) is 2.68. The molecule has 174 valence electrons. The molecule has 0 saturated carbocycles. The van der Waals surface area contributed by atoms with Gasteiger partial charge in [0.25, 0.3) is 0 Å². The van der Waals surface area contributed by atoms with E-state index in [-0.39, 0.29) is 63.6 Å². The summed E-state index contributed by atoms with van der Waals surface area (Å²) in [5.41, 5.74) is -0.514. The molecule has 2 saturated heterocycles. The van der Waals surface area contributed by atoms with E-state index in [4.69, 9.17) is 27.1 Å². The highest BCUT2D eigenvalue weighted by molar-refractivity contribution is 7.48. The summed E-state index contributed by atoms with van der Waals surface area (Å²) in [5, 5.41) is 4.62. The summed E-state index contributed by atoms with van der Waals surface area (Å²) in [7, 11) is -7.29. The van der Waals surface area contributed by atoms with Crippen molar-refractivity contribution in [3.05, 3.63) is 0 Å². The molecule has 2 heterocycles. The second-order valence-electron chi connectivity index (χ2n) is 8.49. The first-order chi connectivity index (χ1) is 13.8. The van der Waals surface area contributed by atoms with Gasteiger partial charge in [0.2, 0.25) is 0 Å². The Balaban J connectivity index is 1.56.